The fraction of sp³-hybridized carbons (Fsp3) is 0.278. The summed E-state index contributed by atoms with van der Waals surface area (Å²) in [5.41, 5.74) is 7.83. The van der Waals surface area contributed by atoms with Crippen LogP contribution in [0.25, 0.3) is 0 Å². The molecule has 0 spiro atoms. The van der Waals surface area contributed by atoms with Gasteiger partial charge in [-0.3, -0.25) is 10.2 Å². The highest BCUT2D eigenvalue weighted by Gasteiger charge is 2.34. The van der Waals surface area contributed by atoms with Crippen LogP contribution in [-0.2, 0) is 4.79 Å². The first-order chi connectivity index (χ1) is 12.1. The molecule has 7 heteroatoms. The lowest BCUT2D eigenvalue weighted by Crippen LogP contribution is -2.29. The number of hydrazine groups is 1. The van der Waals surface area contributed by atoms with E-state index in [-0.39, 0.29) is 17.9 Å². The molecule has 3 rings (SSSR count). The summed E-state index contributed by atoms with van der Waals surface area (Å²) < 4.78 is 10.5. The highest BCUT2D eigenvalue weighted by molar-refractivity contribution is 6.30. The number of amides is 1. The van der Waals surface area contributed by atoms with E-state index in [0.29, 0.717) is 28.8 Å². The molecule has 1 heterocycles. The minimum absolute atomic E-state index is 0.0900. The van der Waals surface area contributed by atoms with Crippen molar-refractivity contribution in [3.8, 4) is 11.5 Å². The van der Waals surface area contributed by atoms with E-state index in [1.807, 2.05) is 24.3 Å². The molecule has 0 bridgehead atoms. The number of nitrogens with one attached hydrogen (secondary N) is 3. The number of benzene rings is 2. The summed E-state index contributed by atoms with van der Waals surface area (Å²) in [4.78, 5) is 12.8. The standard InChI is InChI=1S/C18H20ClN3O3/c1-24-14-7-13(8-15(9-14)25-2)21-18(23)16-10-20-22-17(16)11-3-5-12(19)6-4-11/h3-9,16-17,20,22H,10H2,1-2H3,(H,21,23). The van der Waals surface area contributed by atoms with Crippen molar-refractivity contribution in [2.24, 2.45) is 5.92 Å². The first kappa shape index (κ1) is 17.5. The van der Waals surface area contributed by atoms with Crippen LogP contribution in [0.5, 0.6) is 11.5 Å². The molecule has 2 atom stereocenters. The van der Waals surface area contributed by atoms with Gasteiger partial charge in [0.1, 0.15) is 11.5 Å². The molecule has 1 saturated heterocycles. The maximum Gasteiger partial charge on any atom is 0.230 e. The van der Waals surface area contributed by atoms with Gasteiger partial charge < -0.3 is 14.8 Å². The summed E-state index contributed by atoms with van der Waals surface area (Å²) in [6, 6.07) is 12.6. The fourth-order valence-corrected chi connectivity index (χ4v) is 2.97. The predicted octanol–water partition coefficient (Wildman–Crippen LogP) is 2.76. The summed E-state index contributed by atoms with van der Waals surface area (Å²) in [5, 5.41) is 3.61. The summed E-state index contributed by atoms with van der Waals surface area (Å²) in [6.45, 7) is 0.528. The number of rotatable bonds is 5. The maximum absolute atomic E-state index is 12.8. The Morgan fingerprint density at radius 1 is 1.12 bits per heavy atom. The summed E-state index contributed by atoms with van der Waals surface area (Å²) in [5.74, 6) is 0.879. The van der Waals surface area contributed by atoms with Gasteiger partial charge in [-0.2, -0.15) is 0 Å². The molecular formula is C18H20ClN3O3. The SMILES string of the molecule is COc1cc(NC(=O)C2CNNC2c2ccc(Cl)cc2)cc(OC)c1. The number of anilines is 1. The number of hydrogen-bond donors (Lipinski definition) is 3. The first-order valence-corrected chi connectivity index (χ1v) is 8.26. The molecule has 6 nitrogen and oxygen atoms in total. The smallest absolute Gasteiger partial charge is 0.230 e. The summed E-state index contributed by atoms with van der Waals surface area (Å²) in [6.07, 6.45) is 0. The molecule has 1 aliphatic heterocycles. The molecule has 0 saturated carbocycles. The average Bonchev–Trinajstić information content (AvgIpc) is 3.11. The van der Waals surface area contributed by atoms with Crippen molar-refractivity contribution < 1.29 is 14.3 Å². The highest BCUT2D eigenvalue weighted by Crippen LogP contribution is 2.29. The molecule has 25 heavy (non-hydrogen) atoms. The third-order valence-corrected chi connectivity index (χ3v) is 4.42. The normalized spacial score (nSPS) is 19.5. The molecule has 2 unspecified atom stereocenters. The molecule has 0 aliphatic carbocycles. The molecule has 2 aromatic rings. The van der Waals surface area contributed by atoms with Crippen LogP contribution in [0.15, 0.2) is 42.5 Å². The van der Waals surface area contributed by atoms with Crippen LogP contribution in [0, 0.1) is 5.92 Å². The minimum Gasteiger partial charge on any atom is -0.497 e. The Bertz CT molecular complexity index is 729. The quantitative estimate of drug-likeness (QED) is 0.763. The van der Waals surface area contributed by atoms with Gasteiger partial charge in [-0.25, -0.2) is 5.43 Å². The van der Waals surface area contributed by atoms with Gasteiger partial charge in [0.25, 0.3) is 0 Å². The van der Waals surface area contributed by atoms with Crippen molar-refractivity contribution in [1.82, 2.24) is 10.9 Å². The molecule has 1 aliphatic rings. The lowest BCUT2D eigenvalue weighted by molar-refractivity contribution is -0.119. The van der Waals surface area contributed by atoms with Gasteiger partial charge in [-0.05, 0) is 17.7 Å². The number of carbonyl (C=O) groups excluding carboxylic acids is 1. The zero-order chi connectivity index (χ0) is 17.8. The van der Waals surface area contributed by atoms with E-state index in [9.17, 15) is 4.79 Å². The van der Waals surface area contributed by atoms with E-state index in [1.54, 1.807) is 32.4 Å². The Balaban J connectivity index is 1.77. The Morgan fingerprint density at radius 3 is 2.36 bits per heavy atom. The third kappa shape index (κ3) is 4.04. The van der Waals surface area contributed by atoms with Crippen LogP contribution in [0.4, 0.5) is 5.69 Å². The van der Waals surface area contributed by atoms with Crippen molar-refractivity contribution in [1.29, 1.82) is 0 Å². The minimum atomic E-state index is -0.265. The average molecular weight is 362 g/mol. The van der Waals surface area contributed by atoms with Crippen molar-refractivity contribution >= 4 is 23.2 Å². The Labute approximate surface area is 151 Å². The fourth-order valence-electron chi connectivity index (χ4n) is 2.84. The second-order valence-corrected chi connectivity index (χ2v) is 6.19. The van der Waals surface area contributed by atoms with Gasteiger partial charge in [-0.15, -0.1) is 0 Å². The van der Waals surface area contributed by atoms with Crippen LogP contribution < -0.4 is 25.6 Å². The molecule has 0 radical (unpaired) electrons. The van der Waals surface area contributed by atoms with Gasteiger partial charge in [-0.1, -0.05) is 23.7 Å². The predicted molar refractivity (Wildman–Crippen MR) is 97.0 cm³/mol. The Morgan fingerprint density at radius 2 is 1.76 bits per heavy atom. The van der Waals surface area contributed by atoms with Crippen molar-refractivity contribution in [3.63, 3.8) is 0 Å². The van der Waals surface area contributed by atoms with Crippen molar-refractivity contribution in [3.05, 3.63) is 53.1 Å². The Hall–Kier alpha value is -2.28. The molecule has 3 N–H and O–H groups in total. The number of halogens is 1. The van der Waals surface area contributed by atoms with E-state index in [2.05, 4.69) is 16.2 Å². The molecular weight excluding hydrogens is 342 g/mol. The Kier molecular flexibility index (Phi) is 5.43. The molecule has 1 fully saturated rings. The topological polar surface area (TPSA) is 71.6 Å². The van der Waals surface area contributed by atoms with Gasteiger partial charge in [0.15, 0.2) is 0 Å². The summed E-state index contributed by atoms with van der Waals surface area (Å²) >= 11 is 5.94. The van der Waals surface area contributed by atoms with Crippen molar-refractivity contribution in [2.45, 2.75) is 6.04 Å². The third-order valence-electron chi connectivity index (χ3n) is 4.17. The highest BCUT2D eigenvalue weighted by atomic mass is 35.5. The van der Waals surface area contributed by atoms with Gasteiger partial charge in [0, 0.05) is 35.5 Å². The maximum atomic E-state index is 12.8. The van der Waals surface area contributed by atoms with Crippen LogP contribution in [0.2, 0.25) is 5.02 Å². The number of hydrogen-bond acceptors (Lipinski definition) is 5. The first-order valence-electron chi connectivity index (χ1n) is 7.88. The molecule has 2 aromatic carbocycles. The van der Waals surface area contributed by atoms with Gasteiger partial charge in [0.2, 0.25) is 5.91 Å². The van der Waals surface area contributed by atoms with E-state index < -0.39 is 0 Å². The van der Waals surface area contributed by atoms with Gasteiger partial charge >= 0.3 is 0 Å². The number of carbonyl (C=O) groups is 1. The van der Waals surface area contributed by atoms with Gasteiger partial charge in [0.05, 0.1) is 26.2 Å². The molecule has 0 aromatic heterocycles. The van der Waals surface area contributed by atoms with Crippen LogP contribution >= 0.6 is 11.6 Å². The van der Waals surface area contributed by atoms with E-state index in [4.69, 9.17) is 21.1 Å². The number of methoxy groups -OCH3 is 2. The monoisotopic (exact) mass is 361 g/mol. The second-order valence-electron chi connectivity index (χ2n) is 5.75. The molecule has 1 amide bonds. The van der Waals surface area contributed by atoms with E-state index in [0.717, 1.165) is 5.56 Å². The van der Waals surface area contributed by atoms with E-state index >= 15 is 0 Å². The zero-order valence-corrected chi connectivity index (χ0v) is 14.8. The van der Waals surface area contributed by atoms with Crippen LogP contribution in [0.1, 0.15) is 11.6 Å². The number of ether oxygens (including phenoxy) is 2. The lowest BCUT2D eigenvalue weighted by Gasteiger charge is -2.19. The molecule has 132 valence electrons. The zero-order valence-electron chi connectivity index (χ0n) is 14.0. The lowest BCUT2D eigenvalue weighted by atomic mass is 9.94. The van der Waals surface area contributed by atoms with Crippen molar-refractivity contribution in [2.75, 3.05) is 26.1 Å². The van der Waals surface area contributed by atoms with Crippen LogP contribution in [0.3, 0.4) is 0 Å². The van der Waals surface area contributed by atoms with E-state index in [1.165, 1.54) is 0 Å². The second kappa shape index (κ2) is 7.74. The summed E-state index contributed by atoms with van der Waals surface area (Å²) in [7, 11) is 3.14. The largest absolute Gasteiger partial charge is 0.497 e. The van der Waals surface area contributed by atoms with Crippen LogP contribution in [-0.4, -0.2) is 26.7 Å².